The third-order valence-electron chi connectivity index (χ3n) is 2.64. The Hall–Kier alpha value is -1.09. The van der Waals surface area contributed by atoms with Gasteiger partial charge in [-0.05, 0) is 37.1 Å². The summed E-state index contributed by atoms with van der Waals surface area (Å²) >= 11 is 0. The van der Waals surface area contributed by atoms with Crippen molar-refractivity contribution in [3.05, 3.63) is 30.1 Å². The molecule has 14 heavy (non-hydrogen) atoms. The summed E-state index contributed by atoms with van der Waals surface area (Å²) in [5.41, 5.74) is 1.08. The van der Waals surface area contributed by atoms with Gasteiger partial charge in [-0.1, -0.05) is 0 Å². The third kappa shape index (κ3) is 1.87. The molecule has 1 heterocycles. The van der Waals surface area contributed by atoms with Gasteiger partial charge in [0.05, 0.1) is 5.69 Å². The maximum absolute atomic E-state index is 12.7. The highest BCUT2D eigenvalue weighted by molar-refractivity contribution is 5.45. The fraction of sp³-hybridized carbons (Fsp3) is 0.455. The number of hydrazine groups is 1. The Kier molecular flexibility index (Phi) is 2.68. The Labute approximate surface area is 83.9 Å². The number of hydrogen-bond donors (Lipinski definition) is 0. The molecular weight excluding hydrogens is 179 g/mol. The smallest absolute Gasteiger partial charge is 0.123 e. The zero-order valence-corrected chi connectivity index (χ0v) is 8.41. The summed E-state index contributed by atoms with van der Waals surface area (Å²) in [7, 11) is 2.07. The maximum atomic E-state index is 12.7. The predicted octanol–water partition coefficient (Wildman–Crippen LogP) is 2.27. The summed E-state index contributed by atoms with van der Waals surface area (Å²) < 4.78 is 12.7. The molecular formula is C11H15FN2. The van der Waals surface area contributed by atoms with Crippen molar-refractivity contribution in [2.45, 2.75) is 12.8 Å². The molecule has 1 fully saturated rings. The van der Waals surface area contributed by atoms with E-state index in [1.807, 2.05) is 12.1 Å². The van der Waals surface area contributed by atoms with E-state index in [0.29, 0.717) is 0 Å². The first-order valence-electron chi connectivity index (χ1n) is 5.01. The van der Waals surface area contributed by atoms with E-state index in [9.17, 15) is 4.39 Å². The largest absolute Gasteiger partial charge is 0.306 e. The van der Waals surface area contributed by atoms with Crippen molar-refractivity contribution in [1.82, 2.24) is 5.01 Å². The fourth-order valence-electron chi connectivity index (χ4n) is 1.83. The van der Waals surface area contributed by atoms with Gasteiger partial charge in [0.1, 0.15) is 5.82 Å². The van der Waals surface area contributed by atoms with Crippen LogP contribution in [-0.4, -0.2) is 25.1 Å². The molecule has 3 heteroatoms. The Balaban J connectivity index is 2.16. The lowest BCUT2D eigenvalue weighted by molar-refractivity contribution is 0.259. The second-order valence-corrected chi connectivity index (χ2v) is 3.69. The summed E-state index contributed by atoms with van der Waals surface area (Å²) in [4.78, 5) is 0. The van der Waals surface area contributed by atoms with E-state index in [1.54, 1.807) is 0 Å². The van der Waals surface area contributed by atoms with Crippen molar-refractivity contribution in [3.63, 3.8) is 0 Å². The van der Waals surface area contributed by atoms with Crippen molar-refractivity contribution in [3.8, 4) is 0 Å². The van der Waals surface area contributed by atoms with Crippen LogP contribution in [-0.2, 0) is 0 Å². The molecule has 1 aromatic rings. The van der Waals surface area contributed by atoms with Crippen LogP contribution in [0.25, 0.3) is 0 Å². The van der Waals surface area contributed by atoms with Gasteiger partial charge in [-0.15, -0.1) is 0 Å². The molecule has 0 aromatic heterocycles. The summed E-state index contributed by atoms with van der Waals surface area (Å²) in [5.74, 6) is -0.173. The molecule has 1 saturated heterocycles. The van der Waals surface area contributed by atoms with Crippen LogP contribution in [0.4, 0.5) is 10.1 Å². The van der Waals surface area contributed by atoms with Crippen LogP contribution in [0.5, 0.6) is 0 Å². The van der Waals surface area contributed by atoms with Gasteiger partial charge in [0.2, 0.25) is 0 Å². The average Bonchev–Trinajstić information content (AvgIpc) is 2.20. The molecule has 1 aliphatic rings. The number of anilines is 1. The minimum Gasteiger partial charge on any atom is -0.306 e. The number of halogens is 1. The molecule has 1 aliphatic heterocycles. The monoisotopic (exact) mass is 194 g/mol. The first-order chi connectivity index (χ1) is 6.77. The molecule has 2 nitrogen and oxygen atoms in total. The zero-order chi connectivity index (χ0) is 9.97. The SMILES string of the molecule is CN1CCCCN1c1ccc(F)cc1. The van der Waals surface area contributed by atoms with Gasteiger partial charge in [0.25, 0.3) is 0 Å². The molecule has 1 aromatic carbocycles. The normalized spacial score (nSPS) is 18.6. The van der Waals surface area contributed by atoms with Gasteiger partial charge in [-0.2, -0.15) is 0 Å². The zero-order valence-electron chi connectivity index (χ0n) is 8.41. The van der Waals surface area contributed by atoms with E-state index in [1.165, 1.54) is 25.0 Å². The molecule has 0 aliphatic carbocycles. The van der Waals surface area contributed by atoms with Crippen molar-refractivity contribution >= 4 is 5.69 Å². The Bertz CT molecular complexity index is 297. The average molecular weight is 194 g/mol. The van der Waals surface area contributed by atoms with Crippen LogP contribution in [0.3, 0.4) is 0 Å². The van der Waals surface area contributed by atoms with E-state index < -0.39 is 0 Å². The lowest BCUT2D eigenvalue weighted by Crippen LogP contribution is -2.44. The molecule has 0 spiro atoms. The van der Waals surface area contributed by atoms with Crippen molar-refractivity contribution in [2.24, 2.45) is 0 Å². The van der Waals surface area contributed by atoms with Crippen LogP contribution in [0.2, 0.25) is 0 Å². The lowest BCUT2D eigenvalue weighted by atomic mass is 10.2. The highest BCUT2D eigenvalue weighted by Crippen LogP contribution is 2.19. The molecule has 2 rings (SSSR count). The Morgan fingerprint density at radius 3 is 2.36 bits per heavy atom. The molecule has 0 atom stereocenters. The number of nitrogens with zero attached hydrogens (tertiary/aromatic N) is 2. The first-order valence-corrected chi connectivity index (χ1v) is 5.01. The molecule has 76 valence electrons. The topological polar surface area (TPSA) is 6.48 Å². The Morgan fingerprint density at radius 2 is 1.71 bits per heavy atom. The number of hydrogen-bond acceptors (Lipinski definition) is 2. The summed E-state index contributed by atoms with van der Waals surface area (Å²) in [6.07, 6.45) is 2.45. The maximum Gasteiger partial charge on any atom is 0.123 e. The molecule has 0 saturated carbocycles. The van der Waals surface area contributed by atoms with Crippen LogP contribution < -0.4 is 5.01 Å². The third-order valence-corrected chi connectivity index (χ3v) is 2.64. The molecule has 0 radical (unpaired) electrons. The lowest BCUT2D eigenvalue weighted by Gasteiger charge is -2.37. The van der Waals surface area contributed by atoms with E-state index in [-0.39, 0.29) is 5.82 Å². The Morgan fingerprint density at radius 1 is 1.07 bits per heavy atom. The van der Waals surface area contributed by atoms with Gasteiger partial charge >= 0.3 is 0 Å². The minimum atomic E-state index is -0.173. The molecule has 0 N–H and O–H groups in total. The second kappa shape index (κ2) is 3.96. The van der Waals surface area contributed by atoms with Crippen LogP contribution in [0, 0.1) is 5.82 Å². The van der Waals surface area contributed by atoms with E-state index >= 15 is 0 Å². The number of benzene rings is 1. The summed E-state index contributed by atoms with van der Waals surface area (Å²) in [6.45, 7) is 2.11. The van der Waals surface area contributed by atoms with Gasteiger partial charge in [0.15, 0.2) is 0 Å². The highest BCUT2D eigenvalue weighted by atomic mass is 19.1. The van der Waals surface area contributed by atoms with Gasteiger partial charge in [-0.25, -0.2) is 9.40 Å². The second-order valence-electron chi connectivity index (χ2n) is 3.69. The molecule has 0 amide bonds. The summed E-state index contributed by atoms with van der Waals surface area (Å²) in [5, 5.41) is 4.39. The van der Waals surface area contributed by atoms with Crippen molar-refractivity contribution in [2.75, 3.05) is 25.1 Å². The van der Waals surface area contributed by atoms with Crippen LogP contribution in [0.15, 0.2) is 24.3 Å². The van der Waals surface area contributed by atoms with E-state index in [2.05, 4.69) is 17.1 Å². The highest BCUT2D eigenvalue weighted by Gasteiger charge is 2.15. The van der Waals surface area contributed by atoms with Gasteiger partial charge in [0, 0.05) is 20.1 Å². The molecule has 0 bridgehead atoms. The van der Waals surface area contributed by atoms with Gasteiger partial charge in [-0.3, -0.25) is 0 Å². The van der Waals surface area contributed by atoms with Crippen LogP contribution >= 0.6 is 0 Å². The van der Waals surface area contributed by atoms with E-state index in [4.69, 9.17) is 0 Å². The molecule has 0 unspecified atom stereocenters. The number of rotatable bonds is 1. The predicted molar refractivity (Wildman–Crippen MR) is 55.6 cm³/mol. The first kappa shape index (κ1) is 9.46. The van der Waals surface area contributed by atoms with E-state index in [0.717, 1.165) is 18.8 Å². The van der Waals surface area contributed by atoms with Crippen molar-refractivity contribution < 1.29 is 4.39 Å². The van der Waals surface area contributed by atoms with Crippen molar-refractivity contribution in [1.29, 1.82) is 0 Å². The quantitative estimate of drug-likeness (QED) is 0.676. The van der Waals surface area contributed by atoms with Crippen LogP contribution in [0.1, 0.15) is 12.8 Å². The summed E-state index contributed by atoms with van der Waals surface area (Å²) in [6, 6.07) is 6.68. The fourth-order valence-corrected chi connectivity index (χ4v) is 1.83. The van der Waals surface area contributed by atoms with Gasteiger partial charge < -0.3 is 5.01 Å². The standard InChI is InChI=1S/C11H15FN2/c1-13-8-2-3-9-14(13)11-6-4-10(12)5-7-11/h4-7H,2-3,8-9H2,1H3. The minimum absolute atomic E-state index is 0.173.